The molecule has 1 unspecified atom stereocenters. The van der Waals surface area contributed by atoms with Crippen molar-refractivity contribution in [2.45, 2.75) is 12.5 Å². The van der Waals surface area contributed by atoms with Gasteiger partial charge in [0.1, 0.15) is 6.10 Å². The number of aromatic nitrogens is 1. The third-order valence-corrected chi connectivity index (χ3v) is 4.57. The third-order valence-electron chi connectivity index (χ3n) is 3.76. The van der Waals surface area contributed by atoms with Gasteiger partial charge in [-0.3, -0.25) is 4.79 Å². The Bertz CT molecular complexity index is 749. The van der Waals surface area contributed by atoms with Crippen LogP contribution in [-0.4, -0.2) is 35.0 Å². The number of carbonyl (C=O) groups excluding carboxylic acids is 1. The van der Waals surface area contributed by atoms with Crippen LogP contribution in [0.3, 0.4) is 0 Å². The van der Waals surface area contributed by atoms with Gasteiger partial charge in [-0.2, -0.15) is 0 Å². The van der Waals surface area contributed by atoms with Crippen LogP contribution in [0.1, 0.15) is 12.0 Å². The van der Waals surface area contributed by atoms with E-state index < -0.39 is 0 Å². The summed E-state index contributed by atoms with van der Waals surface area (Å²) in [5.41, 5.74) is 0.832. The fourth-order valence-corrected chi connectivity index (χ4v) is 2.94. The molecular weight excluding hydrogens is 392 g/mol. The number of halogens is 2. The van der Waals surface area contributed by atoms with E-state index in [1.54, 1.807) is 29.3 Å². The molecule has 24 heavy (non-hydrogen) atoms. The molecule has 0 spiro atoms. The van der Waals surface area contributed by atoms with Crippen LogP contribution in [0.15, 0.2) is 53.1 Å². The van der Waals surface area contributed by atoms with Crippen molar-refractivity contribution >= 4 is 39.5 Å². The van der Waals surface area contributed by atoms with Gasteiger partial charge in [0.2, 0.25) is 11.8 Å². The molecule has 1 saturated heterocycles. The van der Waals surface area contributed by atoms with Crippen LogP contribution in [0.25, 0.3) is 6.08 Å². The van der Waals surface area contributed by atoms with Gasteiger partial charge in [0.25, 0.3) is 0 Å². The second-order valence-electron chi connectivity index (χ2n) is 5.48. The first-order valence-electron chi connectivity index (χ1n) is 7.61. The summed E-state index contributed by atoms with van der Waals surface area (Å²) in [6.07, 6.45) is 5.76. The maximum atomic E-state index is 12.3. The minimum Gasteiger partial charge on any atom is -0.472 e. The van der Waals surface area contributed by atoms with Crippen LogP contribution in [-0.2, 0) is 4.79 Å². The summed E-state index contributed by atoms with van der Waals surface area (Å²) in [6, 6.07) is 11.1. The summed E-state index contributed by atoms with van der Waals surface area (Å²) in [6.45, 7) is 1.23. The summed E-state index contributed by atoms with van der Waals surface area (Å²) < 4.78 is 6.73. The first-order chi connectivity index (χ1) is 11.6. The van der Waals surface area contributed by atoms with E-state index in [1.807, 2.05) is 30.3 Å². The Balaban J connectivity index is 1.56. The molecule has 4 nitrogen and oxygen atoms in total. The minimum absolute atomic E-state index is 0.0312. The highest BCUT2D eigenvalue weighted by Gasteiger charge is 2.26. The maximum absolute atomic E-state index is 12.3. The number of benzene rings is 1. The lowest BCUT2D eigenvalue weighted by molar-refractivity contribution is -0.125. The Kier molecular flexibility index (Phi) is 5.53. The van der Waals surface area contributed by atoms with E-state index in [-0.39, 0.29) is 12.0 Å². The number of carbonyl (C=O) groups is 1. The Morgan fingerprint density at radius 2 is 2.17 bits per heavy atom. The molecule has 0 N–H and O–H groups in total. The quantitative estimate of drug-likeness (QED) is 0.714. The Labute approximate surface area is 154 Å². The van der Waals surface area contributed by atoms with Gasteiger partial charge in [0.15, 0.2) is 0 Å². The van der Waals surface area contributed by atoms with Gasteiger partial charge < -0.3 is 9.64 Å². The van der Waals surface area contributed by atoms with E-state index in [9.17, 15) is 4.79 Å². The van der Waals surface area contributed by atoms with E-state index in [0.29, 0.717) is 24.0 Å². The molecule has 1 aromatic carbocycles. The van der Waals surface area contributed by atoms with Crippen molar-refractivity contribution in [3.05, 3.63) is 63.7 Å². The van der Waals surface area contributed by atoms with Crippen molar-refractivity contribution in [2.75, 3.05) is 13.1 Å². The molecule has 1 amide bonds. The highest BCUT2D eigenvalue weighted by molar-refractivity contribution is 9.10. The van der Waals surface area contributed by atoms with E-state index in [0.717, 1.165) is 16.5 Å². The average molecular weight is 408 g/mol. The maximum Gasteiger partial charge on any atom is 0.246 e. The zero-order valence-corrected chi connectivity index (χ0v) is 15.2. The van der Waals surface area contributed by atoms with Crippen molar-refractivity contribution < 1.29 is 9.53 Å². The summed E-state index contributed by atoms with van der Waals surface area (Å²) in [4.78, 5) is 18.3. The monoisotopic (exact) mass is 406 g/mol. The van der Waals surface area contributed by atoms with Crippen molar-refractivity contribution in [2.24, 2.45) is 0 Å². The van der Waals surface area contributed by atoms with Crippen LogP contribution in [0, 0.1) is 0 Å². The number of rotatable bonds is 4. The molecule has 1 atom stereocenters. The Morgan fingerprint density at radius 1 is 1.33 bits per heavy atom. The van der Waals surface area contributed by atoms with Gasteiger partial charge in [-0.05, 0) is 39.7 Å². The highest BCUT2D eigenvalue weighted by atomic mass is 79.9. The van der Waals surface area contributed by atoms with Gasteiger partial charge in [-0.25, -0.2) is 4.98 Å². The van der Waals surface area contributed by atoms with Crippen molar-refractivity contribution in [3.63, 3.8) is 0 Å². The third kappa shape index (κ3) is 4.36. The fourth-order valence-electron chi connectivity index (χ4n) is 2.50. The van der Waals surface area contributed by atoms with Gasteiger partial charge >= 0.3 is 0 Å². The molecule has 124 valence electrons. The second kappa shape index (κ2) is 7.81. The number of pyridine rings is 1. The van der Waals surface area contributed by atoms with E-state index in [4.69, 9.17) is 16.3 Å². The van der Waals surface area contributed by atoms with Crippen molar-refractivity contribution in [3.8, 4) is 5.88 Å². The van der Waals surface area contributed by atoms with Gasteiger partial charge in [0.05, 0.1) is 6.54 Å². The van der Waals surface area contributed by atoms with E-state index in [1.165, 1.54) is 0 Å². The van der Waals surface area contributed by atoms with Crippen LogP contribution >= 0.6 is 27.5 Å². The van der Waals surface area contributed by atoms with Crippen molar-refractivity contribution in [1.82, 2.24) is 9.88 Å². The Morgan fingerprint density at radius 3 is 2.92 bits per heavy atom. The Hall–Kier alpha value is -1.85. The molecule has 6 heteroatoms. The molecule has 1 fully saturated rings. The molecule has 2 aromatic rings. The molecule has 2 heterocycles. The summed E-state index contributed by atoms with van der Waals surface area (Å²) in [5, 5.41) is 0.630. The minimum atomic E-state index is -0.0372. The summed E-state index contributed by atoms with van der Waals surface area (Å²) in [5.74, 6) is 0.536. The molecule has 1 aliphatic heterocycles. The largest absolute Gasteiger partial charge is 0.472 e. The second-order valence-corrected chi connectivity index (χ2v) is 6.81. The predicted molar refractivity (Wildman–Crippen MR) is 98.0 cm³/mol. The number of likely N-dealkylation sites (tertiary alicyclic amines) is 1. The molecule has 1 aromatic heterocycles. The zero-order valence-electron chi connectivity index (χ0n) is 12.9. The van der Waals surface area contributed by atoms with Crippen molar-refractivity contribution in [1.29, 1.82) is 0 Å². The van der Waals surface area contributed by atoms with Gasteiger partial charge in [-0.1, -0.05) is 29.8 Å². The molecule has 0 aliphatic carbocycles. The average Bonchev–Trinajstić information content (AvgIpc) is 3.05. The summed E-state index contributed by atoms with van der Waals surface area (Å²) in [7, 11) is 0. The molecule has 1 aliphatic rings. The lowest BCUT2D eigenvalue weighted by Gasteiger charge is -2.15. The first-order valence-corrected chi connectivity index (χ1v) is 8.78. The lowest BCUT2D eigenvalue weighted by atomic mass is 10.2. The number of hydrogen-bond acceptors (Lipinski definition) is 3. The predicted octanol–water partition coefficient (Wildman–Crippen LogP) is 4.19. The SMILES string of the molecule is O=C(/C=C/c1ccccc1Cl)N1CCC(Oc2ccc(Br)cn2)C1. The molecule has 0 saturated carbocycles. The van der Waals surface area contributed by atoms with Crippen LogP contribution in [0.4, 0.5) is 0 Å². The van der Waals surface area contributed by atoms with Gasteiger partial charge in [0, 0.05) is 40.8 Å². The lowest BCUT2D eigenvalue weighted by Crippen LogP contribution is -2.29. The van der Waals surface area contributed by atoms with E-state index in [2.05, 4.69) is 20.9 Å². The molecular formula is C18H16BrClN2O2. The molecule has 0 bridgehead atoms. The number of amides is 1. The summed E-state index contributed by atoms with van der Waals surface area (Å²) >= 11 is 9.43. The van der Waals surface area contributed by atoms with Crippen LogP contribution < -0.4 is 4.74 Å². The molecule has 0 radical (unpaired) electrons. The number of ether oxygens (including phenoxy) is 1. The topological polar surface area (TPSA) is 42.4 Å². The smallest absolute Gasteiger partial charge is 0.246 e. The fraction of sp³-hybridized carbons (Fsp3) is 0.222. The number of nitrogens with zero attached hydrogens (tertiary/aromatic N) is 2. The number of hydrogen-bond donors (Lipinski definition) is 0. The molecule has 3 rings (SSSR count). The normalized spacial score (nSPS) is 17.4. The highest BCUT2D eigenvalue weighted by Crippen LogP contribution is 2.20. The van der Waals surface area contributed by atoms with E-state index >= 15 is 0 Å². The first kappa shape index (κ1) is 17.0. The van der Waals surface area contributed by atoms with Crippen LogP contribution in [0.2, 0.25) is 5.02 Å². The van der Waals surface area contributed by atoms with Crippen LogP contribution in [0.5, 0.6) is 5.88 Å². The van der Waals surface area contributed by atoms with Gasteiger partial charge in [-0.15, -0.1) is 0 Å². The zero-order chi connectivity index (χ0) is 16.9. The standard InChI is InChI=1S/C18H16BrClN2O2/c19-14-6-7-17(21-11-14)24-15-9-10-22(12-15)18(23)8-5-13-3-1-2-4-16(13)20/h1-8,11,15H,9-10,12H2/b8-5+.